The molecule has 0 aliphatic heterocycles. The van der Waals surface area contributed by atoms with Crippen molar-refractivity contribution in [3.05, 3.63) is 53.3 Å². The Balaban J connectivity index is 1.94. The molecule has 1 aromatic heterocycles. The number of pyridine rings is 1. The smallest absolute Gasteiger partial charge is 0.253 e. The summed E-state index contributed by atoms with van der Waals surface area (Å²) >= 11 is 0. The summed E-state index contributed by atoms with van der Waals surface area (Å²) in [7, 11) is 1.53. The largest absolute Gasteiger partial charge is 0.495 e. The zero-order valence-corrected chi connectivity index (χ0v) is 13.3. The van der Waals surface area contributed by atoms with E-state index < -0.39 is 0 Å². The Morgan fingerprint density at radius 3 is 2.61 bits per heavy atom. The van der Waals surface area contributed by atoms with Crippen LogP contribution < -0.4 is 15.4 Å². The molecule has 0 bridgehead atoms. The van der Waals surface area contributed by atoms with Crippen molar-refractivity contribution in [2.24, 2.45) is 0 Å². The fourth-order valence-electron chi connectivity index (χ4n) is 1.98. The van der Waals surface area contributed by atoms with Crippen LogP contribution in [-0.2, 0) is 4.79 Å². The van der Waals surface area contributed by atoms with Crippen molar-refractivity contribution in [2.75, 3.05) is 19.0 Å². The lowest BCUT2D eigenvalue weighted by molar-refractivity contribution is -0.115. The maximum Gasteiger partial charge on any atom is 0.253 e. The summed E-state index contributed by atoms with van der Waals surface area (Å²) in [6.07, 6.45) is 1.48. The van der Waals surface area contributed by atoms with Gasteiger partial charge in [-0.1, -0.05) is 6.07 Å². The van der Waals surface area contributed by atoms with Gasteiger partial charge in [0.15, 0.2) is 0 Å². The molecule has 0 fully saturated rings. The molecule has 0 saturated carbocycles. The second-order valence-corrected chi connectivity index (χ2v) is 5.12. The number of aryl methyl sites for hydroxylation is 2. The number of nitrogens with one attached hydrogen (secondary N) is 2. The SMILES string of the molecule is COc1ccc(C)cc1NC(=O)CNC(=O)c1ccc(C)nc1. The van der Waals surface area contributed by atoms with Gasteiger partial charge < -0.3 is 15.4 Å². The average Bonchev–Trinajstić information content (AvgIpc) is 2.53. The highest BCUT2D eigenvalue weighted by molar-refractivity contribution is 5.99. The van der Waals surface area contributed by atoms with E-state index in [1.807, 2.05) is 26.0 Å². The van der Waals surface area contributed by atoms with E-state index >= 15 is 0 Å². The van der Waals surface area contributed by atoms with Crippen LogP contribution in [0.25, 0.3) is 0 Å². The summed E-state index contributed by atoms with van der Waals surface area (Å²) in [4.78, 5) is 28.0. The summed E-state index contributed by atoms with van der Waals surface area (Å²) < 4.78 is 5.20. The average molecular weight is 313 g/mol. The standard InChI is InChI=1S/C17H19N3O3/c1-11-4-7-15(23-3)14(8-11)20-16(21)10-19-17(22)13-6-5-12(2)18-9-13/h4-9H,10H2,1-3H3,(H,19,22)(H,20,21). The second-order valence-electron chi connectivity index (χ2n) is 5.12. The van der Waals surface area contributed by atoms with Crippen LogP contribution in [0, 0.1) is 13.8 Å². The molecule has 6 heteroatoms. The molecular weight excluding hydrogens is 294 g/mol. The third-order valence-electron chi connectivity index (χ3n) is 3.21. The lowest BCUT2D eigenvalue weighted by atomic mass is 10.2. The number of rotatable bonds is 5. The van der Waals surface area contributed by atoms with Crippen molar-refractivity contribution >= 4 is 17.5 Å². The van der Waals surface area contributed by atoms with Gasteiger partial charge in [0.05, 0.1) is 24.9 Å². The van der Waals surface area contributed by atoms with Gasteiger partial charge in [0, 0.05) is 11.9 Å². The number of benzene rings is 1. The molecule has 0 aliphatic rings. The highest BCUT2D eigenvalue weighted by atomic mass is 16.5. The molecule has 1 aromatic carbocycles. The molecule has 0 aliphatic carbocycles. The molecule has 0 unspecified atom stereocenters. The zero-order chi connectivity index (χ0) is 16.8. The van der Waals surface area contributed by atoms with Crippen LogP contribution in [0.5, 0.6) is 5.75 Å². The monoisotopic (exact) mass is 313 g/mol. The van der Waals surface area contributed by atoms with Gasteiger partial charge in [0.1, 0.15) is 5.75 Å². The number of carbonyl (C=O) groups excluding carboxylic acids is 2. The molecule has 120 valence electrons. The minimum atomic E-state index is -0.344. The van der Waals surface area contributed by atoms with Crippen molar-refractivity contribution in [3.8, 4) is 5.75 Å². The summed E-state index contributed by atoms with van der Waals surface area (Å²) in [5, 5.41) is 5.28. The number of ether oxygens (including phenoxy) is 1. The van der Waals surface area contributed by atoms with Gasteiger partial charge in [-0.15, -0.1) is 0 Å². The third kappa shape index (κ3) is 4.54. The van der Waals surface area contributed by atoms with Crippen LogP contribution in [0.2, 0.25) is 0 Å². The topological polar surface area (TPSA) is 80.3 Å². The summed E-state index contributed by atoms with van der Waals surface area (Å²) in [5.41, 5.74) is 2.81. The third-order valence-corrected chi connectivity index (χ3v) is 3.21. The molecule has 2 aromatic rings. The maximum absolute atomic E-state index is 12.0. The normalized spacial score (nSPS) is 10.0. The number of anilines is 1. The van der Waals surface area contributed by atoms with Gasteiger partial charge >= 0.3 is 0 Å². The fraction of sp³-hybridized carbons (Fsp3) is 0.235. The predicted octanol–water partition coefficient (Wildman–Crippen LogP) is 2.08. The van der Waals surface area contributed by atoms with E-state index in [0.29, 0.717) is 17.0 Å². The number of nitrogens with zero attached hydrogens (tertiary/aromatic N) is 1. The van der Waals surface area contributed by atoms with Crippen molar-refractivity contribution < 1.29 is 14.3 Å². The van der Waals surface area contributed by atoms with Crippen LogP contribution in [-0.4, -0.2) is 30.5 Å². The Labute approximate surface area is 134 Å². The minimum absolute atomic E-state index is 0.135. The van der Waals surface area contributed by atoms with Crippen molar-refractivity contribution in [2.45, 2.75) is 13.8 Å². The maximum atomic E-state index is 12.0. The van der Waals surface area contributed by atoms with Gasteiger partial charge in [-0.2, -0.15) is 0 Å². The summed E-state index contributed by atoms with van der Waals surface area (Å²) in [5.74, 6) is -0.107. The van der Waals surface area contributed by atoms with Gasteiger partial charge in [0.25, 0.3) is 5.91 Å². The molecular formula is C17H19N3O3. The first-order valence-corrected chi connectivity index (χ1v) is 7.15. The summed E-state index contributed by atoms with van der Waals surface area (Å²) in [6, 6.07) is 8.89. The van der Waals surface area contributed by atoms with Crippen LogP contribution >= 0.6 is 0 Å². The Morgan fingerprint density at radius 2 is 1.96 bits per heavy atom. The van der Waals surface area contributed by atoms with Gasteiger partial charge in [0.2, 0.25) is 5.91 Å². The Hall–Kier alpha value is -2.89. The second kappa shape index (κ2) is 7.40. The molecule has 0 radical (unpaired) electrons. The van der Waals surface area contributed by atoms with E-state index in [2.05, 4.69) is 15.6 Å². The number of aromatic nitrogens is 1. The molecule has 2 N–H and O–H groups in total. The van der Waals surface area contributed by atoms with E-state index in [9.17, 15) is 9.59 Å². The zero-order valence-electron chi connectivity index (χ0n) is 13.3. The molecule has 6 nitrogen and oxygen atoms in total. The fourth-order valence-corrected chi connectivity index (χ4v) is 1.98. The predicted molar refractivity (Wildman–Crippen MR) is 87.7 cm³/mol. The number of hydrogen-bond donors (Lipinski definition) is 2. The van der Waals surface area contributed by atoms with Crippen LogP contribution in [0.3, 0.4) is 0 Å². The molecule has 0 saturated heterocycles. The number of amides is 2. The van der Waals surface area contributed by atoms with Gasteiger partial charge in [-0.05, 0) is 43.7 Å². The molecule has 23 heavy (non-hydrogen) atoms. The lowest BCUT2D eigenvalue weighted by Crippen LogP contribution is -2.33. The Kier molecular flexibility index (Phi) is 5.30. The van der Waals surface area contributed by atoms with Gasteiger partial charge in [-0.3, -0.25) is 14.6 Å². The molecule has 1 heterocycles. The van der Waals surface area contributed by atoms with Gasteiger partial charge in [-0.25, -0.2) is 0 Å². The molecule has 2 amide bonds. The van der Waals surface area contributed by atoms with Crippen molar-refractivity contribution in [3.63, 3.8) is 0 Å². The highest BCUT2D eigenvalue weighted by Gasteiger charge is 2.10. The van der Waals surface area contributed by atoms with Crippen LogP contribution in [0.4, 0.5) is 5.69 Å². The highest BCUT2D eigenvalue weighted by Crippen LogP contribution is 2.24. The van der Waals surface area contributed by atoms with E-state index in [0.717, 1.165) is 11.3 Å². The van der Waals surface area contributed by atoms with Crippen molar-refractivity contribution in [1.29, 1.82) is 0 Å². The van der Waals surface area contributed by atoms with E-state index in [1.165, 1.54) is 13.3 Å². The van der Waals surface area contributed by atoms with E-state index in [1.54, 1.807) is 18.2 Å². The first-order chi connectivity index (χ1) is 11.0. The quantitative estimate of drug-likeness (QED) is 0.885. The Morgan fingerprint density at radius 1 is 1.17 bits per heavy atom. The Bertz CT molecular complexity index is 712. The first kappa shape index (κ1) is 16.5. The number of hydrogen-bond acceptors (Lipinski definition) is 4. The number of methoxy groups -OCH3 is 1. The minimum Gasteiger partial charge on any atom is -0.495 e. The lowest BCUT2D eigenvalue weighted by Gasteiger charge is -2.11. The molecule has 0 atom stereocenters. The van der Waals surface area contributed by atoms with E-state index in [4.69, 9.17) is 4.74 Å². The van der Waals surface area contributed by atoms with Crippen LogP contribution in [0.1, 0.15) is 21.6 Å². The van der Waals surface area contributed by atoms with Crippen molar-refractivity contribution in [1.82, 2.24) is 10.3 Å². The molecule has 0 spiro atoms. The number of carbonyl (C=O) groups is 2. The molecule has 2 rings (SSSR count). The van der Waals surface area contributed by atoms with E-state index in [-0.39, 0.29) is 18.4 Å². The first-order valence-electron chi connectivity index (χ1n) is 7.15. The van der Waals surface area contributed by atoms with Crippen LogP contribution in [0.15, 0.2) is 36.5 Å². The summed E-state index contributed by atoms with van der Waals surface area (Å²) in [6.45, 7) is 3.62.